The topological polar surface area (TPSA) is 82.3 Å². The lowest BCUT2D eigenvalue weighted by atomic mass is 9.82. The summed E-state index contributed by atoms with van der Waals surface area (Å²) in [7, 11) is -1.92. The van der Waals surface area contributed by atoms with Gasteiger partial charge in [-0.15, -0.1) is 0 Å². The maximum absolute atomic E-state index is 11.8. The van der Waals surface area contributed by atoms with Crippen LogP contribution < -0.4 is 5.32 Å². The van der Waals surface area contributed by atoms with Crippen molar-refractivity contribution in [2.24, 2.45) is 5.92 Å². The first-order chi connectivity index (χ1) is 9.49. The smallest absolute Gasteiger partial charge is 0.228 e. The van der Waals surface area contributed by atoms with Crippen molar-refractivity contribution < 1.29 is 14.3 Å². The number of hydrogen-bond donors (Lipinski definition) is 2. The van der Waals surface area contributed by atoms with E-state index in [1.54, 1.807) is 0 Å². The van der Waals surface area contributed by atoms with Crippen molar-refractivity contribution in [3.63, 3.8) is 0 Å². The van der Waals surface area contributed by atoms with Crippen LogP contribution in [0.1, 0.15) is 40.5 Å². The van der Waals surface area contributed by atoms with Crippen molar-refractivity contribution in [2.45, 2.75) is 76.9 Å². The largest absolute Gasteiger partial charge is 0.413 e. The average Bonchev–Trinajstić information content (AvgIpc) is 2.25. The van der Waals surface area contributed by atoms with Crippen LogP contribution in [-0.4, -0.2) is 37.6 Å². The molecule has 5 nitrogen and oxygen atoms in total. The van der Waals surface area contributed by atoms with Crippen LogP contribution in [0.5, 0.6) is 0 Å². The molecule has 21 heavy (non-hydrogen) atoms. The zero-order valence-corrected chi connectivity index (χ0v) is 14.9. The van der Waals surface area contributed by atoms with Gasteiger partial charge in [0.1, 0.15) is 0 Å². The fourth-order valence-electron chi connectivity index (χ4n) is 2.40. The summed E-state index contributed by atoms with van der Waals surface area (Å²) < 4.78 is 6.28. The Kier molecular flexibility index (Phi) is 5.59. The molecular weight excluding hydrogens is 284 g/mol. The number of aliphatic hydroxyl groups excluding tert-OH is 1. The number of hydrogen-bond acceptors (Lipinski definition) is 4. The van der Waals surface area contributed by atoms with Crippen LogP contribution in [0.4, 0.5) is 0 Å². The Bertz CT molecular complexity index is 426. The standard InChI is InChI=1S/C15H28N2O3Si/c1-10(20-21(5,6)15(2,3)4)13-12(17-14(13)19)9-11(18)7-8-16/h10-13,18H,7,9H2,1-6H3,(H,17,19)/t10-,11?,12-,13-/m1/s1. The van der Waals surface area contributed by atoms with Crippen LogP contribution in [0.3, 0.4) is 0 Å². The Morgan fingerprint density at radius 3 is 2.48 bits per heavy atom. The summed E-state index contributed by atoms with van der Waals surface area (Å²) in [6, 6.07) is 1.85. The van der Waals surface area contributed by atoms with Crippen molar-refractivity contribution >= 4 is 14.2 Å². The lowest BCUT2D eigenvalue weighted by Gasteiger charge is -2.45. The maximum atomic E-state index is 11.8. The van der Waals surface area contributed by atoms with Gasteiger partial charge in [-0.25, -0.2) is 0 Å². The molecule has 0 aromatic heterocycles. The van der Waals surface area contributed by atoms with Crippen LogP contribution in [0, 0.1) is 17.2 Å². The zero-order chi connectivity index (χ0) is 16.4. The molecule has 0 bridgehead atoms. The van der Waals surface area contributed by atoms with Gasteiger partial charge in [0, 0.05) is 6.04 Å². The second-order valence-corrected chi connectivity index (χ2v) is 12.2. The van der Waals surface area contributed by atoms with E-state index in [4.69, 9.17) is 9.69 Å². The van der Waals surface area contributed by atoms with Gasteiger partial charge in [-0.1, -0.05) is 20.8 Å². The molecule has 0 spiro atoms. The highest BCUT2D eigenvalue weighted by atomic mass is 28.4. The minimum absolute atomic E-state index is 0.0182. The van der Waals surface area contributed by atoms with E-state index < -0.39 is 14.4 Å². The molecule has 2 N–H and O–H groups in total. The zero-order valence-electron chi connectivity index (χ0n) is 13.9. The van der Waals surface area contributed by atoms with E-state index >= 15 is 0 Å². The quantitative estimate of drug-likeness (QED) is 0.582. The monoisotopic (exact) mass is 312 g/mol. The third-order valence-corrected chi connectivity index (χ3v) is 9.28. The number of nitriles is 1. The van der Waals surface area contributed by atoms with Crippen molar-refractivity contribution in [2.75, 3.05) is 0 Å². The molecule has 0 radical (unpaired) electrons. The second-order valence-electron chi connectivity index (χ2n) is 7.48. The number of amides is 1. The molecule has 0 saturated carbocycles. The number of carbonyl (C=O) groups excluding carboxylic acids is 1. The lowest BCUT2D eigenvalue weighted by Crippen LogP contribution is -2.64. The summed E-state index contributed by atoms with van der Waals surface area (Å²) in [4.78, 5) is 11.8. The Balaban J connectivity index is 2.66. The molecule has 1 aliphatic rings. The second kappa shape index (κ2) is 6.47. The number of β-lactam (4-membered cyclic amide) rings is 1. The van der Waals surface area contributed by atoms with Gasteiger partial charge < -0.3 is 14.8 Å². The van der Waals surface area contributed by atoms with Gasteiger partial charge >= 0.3 is 0 Å². The van der Waals surface area contributed by atoms with Crippen LogP contribution in [0.2, 0.25) is 18.1 Å². The Hall–Kier alpha value is -0.903. The first kappa shape index (κ1) is 18.1. The molecule has 6 heteroatoms. The highest BCUT2D eigenvalue weighted by molar-refractivity contribution is 6.74. The van der Waals surface area contributed by atoms with Gasteiger partial charge in [0.2, 0.25) is 5.91 Å². The molecule has 1 rings (SSSR count). The van der Waals surface area contributed by atoms with Gasteiger partial charge in [0.15, 0.2) is 8.32 Å². The summed E-state index contributed by atoms with van der Waals surface area (Å²) in [5.74, 6) is -0.247. The molecule has 0 aromatic rings. The molecule has 120 valence electrons. The third kappa shape index (κ3) is 4.28. The third-order valence-electron chi connectivity index (χ3n) is 4.71. The van der Waals surface area contributed by atoms with Crippen LogP contribution in [-0.2, 0) is 9.22 Å². The molecule has 1 fully saturated rings. The minimum Gasteiger partial charge on any atom is -0.413 e. The minimum atomic E-state index is -1.92. The highest BCUT2D eigenvalue weighted by Gasteiger charge is 2.47. The Labute approximate surface area is 128 Å². The lowest BCUT2D eigenvalue weighted by molar-refractivity contribution is -0.141. The average molecular weight is 312 g/mol. The first-order valence-electron chi connectivity index (χ1n) is 7.53. The summed E-state index contributed by atoms with van der Waals surface area (Å²) in [5, 5.41) is 21.2. The Morgan fingerprint density at radius 1 is 1.48 bits per heavy atom. The van der Waals surface area contributed by atoms with E-state index in [9.17, 15) is 9.90 Å². The number of nitrogens with one attached hydrogen (secondary N) is 1. The van der Waals surface area contributed by atoms with E-state index in [1.165, 1.54) is 0 Å². The maximum Gasteiger partial charge on any atom is 0.228 e. The molecule has 1 aliphatic heterocycles. The molecule has 1 amide bonds. The van der Waals surface area contributed by atoms with Crippen molar-refractivity contribution in [1.82, 2.24) is 5.32 Å². The van der Waals surface area contributed by atoms with Gasteiger partial charge in [-0.05, 0) is 31.5 Å². The highest BCUT2D eigenvalue weighted by Crippen LogP contribution is 2.39. The van der Waals surface area contributed by atoms with Crippen molar-refractivity contribution in [1.29, 1.82) is 5.26 Å². The van der Waals surface area contributed by atoms with E-state index in [1.807, 2.05) is 13.0 Å². The van der Waals surface area contributed by atoms with E-state index in [2.05, 4.69) is 39.2 Å². The summed E-state index contributed by atoms with van der Waals surface area (Å²) in [6.45, 7) is 12.8. The SMILES string of the molecule is C[C@@H](O[Si](C)(C)C(C)(C)C)[C@H]1C(=O)N[C@@H]1CC(O)CC#N. The fourth-order valence-corrected chi connectivity index (χ4v) is 3.83. The van der Waals surface area contributed by atoms with Crippen LogP contribution in [0.15, 0.2) is 0 Å². The van der Waals surface area contributed by atoms with E-state index in [-0.39, 0.29) is 35.4 Å². The van der Waals surface area contributed by atoms with E-state index in [0.717, 1.165) is 0 Å². The first-order valence-corrected chi connectivity index (χ1v) is 10.4. The Morgan fingerprint density at radius 2 is 2.05 bits per heavy atom. The van der Waals surface area contributed by atoms with Gasteiger partial charge in [0.25, 0.3) is 0 Å². The van der Waals surface area contributed by atoms with Gasteiger partial charge in [-0.3, -0.25) is 4.79 Å². The molecule has 4 atom stereocenters. The molecule has 1 saturated heterocycles. The molecular formula is C15H28N2O3Si. The molecule has 0 aromatic carbocycles. The number of rotatable bonds is 6. The summed E-state index contributed by atoms with van der Waals surface area (Å²) in [5.41, 5.74) is 0. The van der Waals surface area contributed by atoms with E-state index in [0.29, 0.717) is 6.42 Å². The van der Waals surface area contributed by atoms with Crippen molar-refractivity contribution in [3.8, 4) is 6.07 Å². The molecule has 1 unspecified atom stereocenters. The summed E-state index contributed by atoms with van der Waals surface area (Å²) in [6.07, 6.45) is -0.353. The summed E-state index contributed by atoms with van der Waals surface area (Å²) >= 11 is 0. The van der Waals surface area contributed by atoms with Gasteiger partial charge in [-0.2, -0.15) is 5.26 Å². The number of nitrogens with zero attached hydrogens (tertiary/aromatic N) is 1. The van der Waals surface area contributed by atoms with Gasteiger partial charge in [0.05, 0.1) is 30.6 Å². The predicted molar refractivity (Wildman–Crippen MR) is 84.0 cm³/mol. The predicted octanol–water partition coefficient (Wildman–Crippen LogP) is 2.18. The van der Waals surface area contributed by atoms with Crippen LogP contribution in [0.25, 0.3) is 0 Å². The molecule has 1 heterocycles. The van der Waals surface area contributed by atoms with Crippen molar-refractivity contribution in [3.05, 3.63) is 0 Å². The fraction of sp³-hybridized carbons (Fsp3) is 0.867. The number of aliphatic hydroxyl groups is 1. The normalized spacial score (nSPS) is 25.5. The van der Waals surface area contributed by atoms with Crippen LogP contribution >= 0.6 is 0 Å². The molecule has 0 aliphatic carbocycles. The number of carbonyl (C=O) groups is 1.